The summed E-state index contributed by atoms with van der Waals surface area (Å²) in [4.78, 5) is 17.6. The molecule has 0 aliphatic heterocycles. The summed E-state index contributed by atoms with van der Waals surface area (Å²) in [5.74, 6) is 0.691. The van der Waals surface area contributed by atoms with Gasteiger partial charge in [0.1, 0.15) is 18.1 Å². The van der Waals surface area contributed by atoms with Crippen LogP contribution >= 0.6 is 0 Å². The van der Waals surface area contributed by atoms with Gasteiger partial charge in [0.15, 0.2) is 6.61 Å². The monoisotopic (exact) mass is 484 g/mol. The molecule has 0 N–H and O–H groups in total. The zero-order chi connectivity index (χ0) is 24.8. The number of ether oxygens (including phenoxy) is 3. The van der Waals surface area contributed by atoms with E-state index >= 15 is 0 Å². The minimum Gasteiger partial charge on any atom is -0.497 e. The second kappa shape index (κ2) is 10.2. The third-order valence-corrected chi connectivity index (χ3v) is 4.79. The van der Waals surface area contributed by atoms with Crippen LogP contribution in [-0.4, -0.2) is 39.6 Å². The highest BCUT2D eigenvalue weighted by molar-refractivity contribution is 5.57. The Morgan fingerprint density at radius 1 is 0.914 bits per heavy atom. The Balaban J connectivity index is 1.67. The van der Waals surface area contributed by atoms with E-state index in [0.717, 1.165) is 5.56 Å². The molecule has 0 radical (unpaired) electrons. The molecule has 35 heavy (non-hydrogen) atoms. The van der Waals surface area contributed by atoms with E-state index in [1.54, 1.807) is 25.3 Å². The highest BCUT2D eigenvalue weighted by Gasteiger charge is 2.28. The van der Waals surface area contributed by atoms with Crippen LogP contribution < -0.4 is 19.8 Å². The zero-order valence-corrected chi connectivity index (χ0v) is 18.4. The number of benzene rings is 2. The largest absolute Gasteiger partial charge is 0.497 e. The van der Waals surface area contributed by atoms with E-state index in [1.165, 1.54) is 47.3 Å². The van der Waals surface area contributed by atoms with Crippen molar-refractivity contribution in [3.8, 4) is 34.5 Å². The second-order valence-corrected chi connectivity index (χ2v) is 7.26. The second-order valence-electron chi connectivity index (χ2n) is 7.26. The molecule has 0 fully saturated rings. The van der Waals surface area contributed by atoms with E-state index in [9.17, 15) is 18.0 Å². The van der Waals surface area contributed by atoms with Gasteiger partial charge in [-0.3, -0.25) is 4.79 Å². The Kier molecular flexibility index (Phi) is 6.95. The van der Waals surface area contributed by atoms with E-state index in [0.29, 0.717) is 22.7 Å². The number of nitrogens with zero attached hydrogens (tertiary/aromatic N) is 4. The summed E-state index contributed by atoms with van der Waals surface area (Å²) < 4.78 is 54.3. The van der Waals surface area contributed by atoms with Gasteiger partial charge in [0.2, 0.25) is 0 Å². The molecule has 2 aromatic heterocycles. The SMILES string of the molecule is COc1ccc(COc2nc(-c3ccnnc3)cc(=O)n2-c2ccc(OCC(F)(F)F)cc2)cc1. The maximum Gasteiger partial charge on any atom is 0.422 e. The molecule has 8 nitrogen and oxygen atoms in total. The van der Waals surface area contributed by atoms with Crippen LogP contribution in [0.2, 0.25) is 0 Å². The fourth-order valence-electron chi connectivity index (χ4n) is 3.11. The summed E-state index contributed by atoms with van der Waals surface area (Å²) in [6, 6.07) is 15.7. The van der Waals surface area contributed by atoms with Gasteiger partial charge in [-0.05, 0) is 48.0 Å². The van der Waals surface area contributed by atoms with Crippen LogP contribution in [0.4, 0.5) is 13.2 Å². The van der Waals surface area contributed by atoms with Crippen molar-refractivity contribution in [1.82, 2.24) is 19.7 Å². The highest BCUT2D eigenvalue weighted by Crippen LogP contribution is 2.24. The van der Waals surface area contributed by atoms with Crippen LogP contribution in [0.1, 0.15) is 5.56 Å². The molecule has 2 aromatic carbocycles. The average Bonchev–Trinajstić information content (AvgIpc) is 2.87. The topological polar surface area (TPSA) is 88.4 Å². The third-order valence-electron chi connectivity index (χ3n) is 4.79. The Labute approximate surface area is 197 Å². The first-order valence-electron chi connectivity index (χ1n) is 10.3. The molecule has 2 heterocycles. The fourth-order valence-corrected chi connectivity index (χ4v) is 3.11. The van der Waals surface area contributed by atoms with Crippen molar-refractivity contribution in [2.45, 2.75) is 12.8 Å². The Hall–Kier alpha value is -4.41. The number of alkyl halides is 3. The molecule has 0 aliphatic carbocycles. The molecule has 0 spiro atoms. The molecule has 4 aromatic rings. The Morgan fingerprint density at radius 3 is 2.26 bits per heavy atom. The van der Waals surface area contributed by atoms with E-state index in [2.05, 4.69) is 15.2 Å². The number of methoxy groups -OCH3 is 1. The van der Waals surface area contributed by atoms with Crippen LogP contribution in [0.5, 0.6) is 17.5 Å². The van der Waals surface area contributed by atoms with Crippen LogP contribution in [0.3, 0.4) is 0 Å². The number of hydrogen-bond acceptors (Lipinski definition) is 7. The minimum atomic E-state index is -4.46. The van der Waals surface area contributed by atoms with Gasteiger partial charge in [-0.1, -0.05) is 12.1 Å². The highest BCUT2D eigenvalue weighted by atomic mass is 19.4. The number of halogens is 3. The first-order valence-corrected chi connectivity index (χ1v) is 10.3. The van der Waals surface area contributed by atoms with E-state index in [-0.39, 0.29) is 18.4 Å². The molecule has 4 rings (SSSR count). The molecule has 0 bridgehead atoms. The lowest BCUT2D eigenvalue weighted by Gasteiger charge is -2.15. The van der Waals surface area contributed by atoms with Gasteiger partial charge in [-0.15, -0.1) is 0 Å². The molecule has 0 aliphatic rings. The normalized spacial score (nSPS) is 11.2. The van der Waals surface area contributed by atoms with Crippen molar-refractivity contribution >= 4 is 0 Å². The summed E-state index contributed by atoms with van der Waals surface area (Å²) >= 11 is 0. The average molecular weight is 484 g/mol. The number of rotatable bonds is 8. The lowest BCUT2D eigenvalue weighted by molar-refractivity contribution is -0.153. The van der Waals surface area contributed by atoms with Crippen molar-refractivity contribution in [3.63, 3.8) is 0 Å². The predicted molar refractivity (Wildman–Crippen MR) is 120 cm³/mol. The first-order chi connectivity index (χ1) is 16.8. The quantitative estimate of drug-likeness (QED) is 0.370. The maximum absolute atomic E-state index is 13.1. The van der Waals surface area contributed by atoms with Gasteiger partial charge in [0.25, 0.3) is 5.56 Å². The lowest BCUT2D eigenvalue weighted by Crippen LogP contribution is -2.22. The molecule has 0 saturated carbocycles. The van der Waals surface area contributed by atoms with Crippen LogP contribution in [0.15, 0.2) is 77.9 Å². The van der Waals surface area contributed by atoms with E-state index in [4.69, 9.17) is 14.2 Å². The summed E-state index contributed by atoms with van der Waals surface area (Å²) in [7, 11) is 1.56. The summed E-state index contributed by atoms with van der Waals surface area (Å²) in [5, 5.41) is 7.53. The smallest absolute Gasteiger partial charge is 0.422 e. The van der Waals surface area contributed by atoms with Gasteiger partial charge in [-0.25, -0.2) is 4.57 Å². The standard InChI is InChI=1S/C24H19F3N4O4/c1-33-19-6-2-16(3-7-19)14-34-23-30-21(17-10-11-28-29-13-17)12-22(32)31(23)18-4-8-20(9-5-18)35-15-24(25,26)27/h2-13H,14-15H2,1H3. The molecule has 0 saturated heterocycles. The Bertz CT molecular complexity index is 1330. The van der Waals surface area contributed by atoms with Gasteiger partial charge < -0.3 is 14.2 Å². The van der Waals surface area contributed by atoms with Crippen molar-refractivity contribution in [2.24, 2.45) is 0 Å². The molecule has 180 valence electrons. The Morgan fingerprint density at radius 2 is 1.63 bits per heavy atom. The van der Waals surface area contributed by atoms with Crippen LogP contribution in [0, 0.1) is 0 Å². The predicted octanol–water partition coefficient (Wildman–Crippen LogP) is 4.22. The van der Waals surface area contributed by atoms with Gasteiger partial charge in [-0.2, -0.15) is 28.4 Å². The van der Waals surface area contributed by atoms with Gasteiger partial charge in [0.05, 0.1) is 30.9 Å². The van der Waals surface area contributed by atoms with Crippen molar-refractivity contribution in [1.29, 1.82) is 0 Å². The van der Waals surface area contributed by atoms with E-state index < -0.39 is 18.3 Å². The summed E-state index contributed by atoms with van der Waals surface area (Å²) in [6.45, 7) is -1.32. The third kappa shape index (κ3) is 6.14. The lowest BCUT2D eigenvalue weighted by atomic mass is 10.2. The van der Waals surface area contributed by atoms with Crippen molar-refractivity contribution in [2.75, 3.05) is 13.7 Å². The number of aromatic nitrogens is 4. The summed E-state index contributed by atoms with van der Waals surface area (Å²) in [6.07, 6.45) is -1.52. The van der Waals surface area contributed by atoms with E-state index in [1.807, 2.05) is 12.1 Å². The molecular formula is C24H19F3N4O4. The van der Waals surface area contributed by atoms with Crippen molar-refractivity contribution in [3.05, 3.63) is 89.0 Å². The zero-order valence-electron chi connectivity index (χ0n) is 18.4. The molecular weight excluding hydrogens is 465 g/mol. The fraction of sp³-hybridized carbons (Fsp3) is 0.167. The first kappa shape index (κ1) is 23.7. The summed E-state index contributed by atoms with van der Waals surface area (Å²) in [5.41, 5.74) is 1.58. The molecule has 0 amide bonds. The number of hydrogen-bond donors (Lipinski definition) is 0. The molecule has 0 atom stereocenters. The van der Waals surface area contributed by atoms with Gasteiger partial charge >= 0.3 is 12.2 Å². The maximum atomic E-state index is 13.1. The minimum absolute atomic E-state index is 0.00673. The van der Waals surface area contributed by atoms with Crippen LogP contribution in [0.25, 0.3) is 16.9 Å². The van der Waals surface area contributed by atoms with Gasteiger partial charge in [0, 0.05) is 11.6 Å². The molecule has 11 heteroatoms. The van der Waals surface area contributed by atoms with Crippen molar-refractivity contribution < 1.29 is 27.4 Å². The van der Waals surface area contributed by atoms with Crippen LogP contribution in [-0.2, 0) is 6.61 Å². The molecule has 0 unspecified atom stereocenters.